The molecule has 0 saturated carbocycles. The molecule has 0 aromatic carbocycles. The number of phosphoric acid groups is 1. The Hall–Kier alpha value is -2.69. The van der Waals surface area contributed by atoms with Gasteiger partial charge >= 0.3 is 19.2 Å². The van der Waals surface area contributed by atoms with E-state index in [1.54, 1.807) is 6.92 Å². The van der Waals surface area contributed by atoms with Crippen molar-refractivity contribution in [3.8, 4) is 0 Å². The van der Waals surface area contributed by atoms with Crippen LogP contribution in [-0.4, -0.2) is 73.6 Å². The quantitative estimate of drug-likeness (QED) is 0.256. The van der Waals surface area contributed by atoms with E-state index >= 15 is 0 Å². The van der Waals surface area contributed by atoms with Gasteiger partial charge in [0.05, 0.1) is 25.9 Å². The van der Waals surface area contributed by atoms with Gasteiger partial charge in [0.1, 0.15) is 30.8 Å². The summed E-state index contributed by atoms with van der Waals surface area (Å²) in [7, 11) is -4.30. The lowest BCUT2D eigenvalue weighted by atomic mass is 10.2. The normalized spacial score (nSPS) is 28.5. The van der Waals surface area contributed by atoms with Gasteiger partial charge in [0.2, 0.25) is 0 Å². The van der Waals surface area contributed by atoms with Crippen LogP contribution in [0.3, 0.4) is 0 Å². The third kappa shape index (κ3) is 6.39. The Morgan fingerprint density at radius 2 is 1.49 bits per heavy atom. The van der Waals surface area contributed by atoms with E-state index < -0.39 is 80.4 Å². The summed E-state index contributed by atoms with van der Waals surface area (Å²) in [5, 5.41) is 20.3. The Kier molecular flexibility index (Phi) is 8.88. The lowest BCUT2D eigenvalue weighted by molar-refractivity contribution is -0.0598. The van der Waals surface area contributed by atoms with Crippen LogP contribution < -0.4 is 22.5 Å². The molecule has 0 amide bonds. The lowest BCUT2D eigenvalue weighted by Crippen LogP contribution is -2.33. The number of aliphatic hydroxyl groups excluding tert-OH is 2. The van der Waals surface area contributed by atoms with Crippen molar-refractivity contribution >= 4 is 7.82 Å². The molecule has 17 heteroatoms. The van der Waals surface area contributed by atoms with Crippen LogP contribution in [-0.2, 0) is 27.6 Å². The van der Waals surface area contributed by atoms with Crippen molar-refractivity contribution < 1.29 is 37.8 Å². The maximum Gasteiger partial charge on any atom is 0.475 e. The van der Waals surface area contributed by atoms with Crippen molar-refractivity contribution in [3.63, 3.8) is 0 Å². The second-order valence-corrected chi connectivity index (χ2v) is 10.9. The molecule has 4 heterocycles. The SMILES string of the molecule is CCOP(=O)(OC[C@H]1O[C@@H](n2cc(C)c(=O)[nH]c2=O)C[C@@H]1O)O[C@H]1C[C@H](n2cc(C)c(=O)[nH]c2=O)O[C@@H]1CO. The number of aliphatic hydroxyl groups is 2. The number of aryl methyl sites for hydroxylation is 2. The van der Waals surface area contributed by atoms with Gasteiger partial charge in [-0.15, -0.1) is 0 Å². The fourth-order valence-corrected chi connectivity index (χ4v) is 5.76. The monoisotopic (exact) mass is 574 g/mol. The van der Waals surface area contributed by atoms with Gasteiger partial charge in [0, 0.05) is 36.4 Å². The molecule has 0 bridgehead atoms. The zero-order chi connectivity index (χ0) is 28.5. The maximum absolute atomic E-state index is 13.4. The van der Waals surface area contributed by atoms with Gasteiger partial charge in [-0.2, -0.15) is 0 Å². The van der Waals surface area contributed by atoms with Crippen molar-refractivity contribution in [1.29, 1.82) is 0 Å². The summed E-state index contributed by atoms with van der Waals surface area (Å²) < 4.78 is 43.5. The number of rotatable bonds is 10. The zero-order valence-corrected chi connectivity index (χ0v) is 22.4. The summed E-state index contributed by atoms with van der Waals surface area (Å²) in [6.45, 7) is 3.54. The molecular weight excluding hydrogens is 543 g/mol. The standard InChI is InChI=1S/C22H31N4O12P/c1-4-34-39(33,35-10-16-13(28)5-17(37-16)25-7-11(2)19(29)23-21(25)31)38-14-6-18(36-15(14)9-27)26-8-12(3)20(30)24-22(26)32/h7-8,13-18,27-28H,4-6,9-10H2,1-3H3,(H,23,29,31)(H,24,30,32)/t13-,14-,15+,16+,17+,18+,39?/m0/s1. The van der Waals surface area contributed by atoms with E-state index in [1.165, 1.54) is 26.2 Å². The first-order valence-corrected chi connectivity index (χ1v) is 13.7. The predicted molar refractivity (Wildman–Crippen MR) is 132 cm³/mol. The first-order chi connectivity index (χ1) is 18.4. The topological polar surface area (TPSA) is 213 Å². The Morgan fingerprint density at radius 3 is 2.03 bits per heavy atom. The van der Waals surface area contributed by atoms with E-state index in [9.17, 15) is 34.0 Å². The summed E-state index contributed by atoms with van der Waals surface area (Å²) in [6.07, 6.45) is -3.41. The number of hydrogen-bond donors (Lipinski definition) is 4. The van der Waals surface area contributed by atoms with E-state index in [1.807, 2.05) is 0 Å². The molecule has 0 spiro atoms. The number of H-pyrrole nitrogens is 2. The van der Waals surface area contributed by atoms with Crippen molar-refractivity contribution in [1.82, 2.24) is 19.1 Å². The van der Waals surface area contributed by atoms with E-state index in [0.717, 1.165) is 9.13 Å². The van der Waals surface area contributed by atoms with Gasteiger partial charge in [-0.25, -0.2) is 14.2 Å². The minimum atomic E-state index is -4.30. The number of hydrogen-bond acceptors (Lipinski definition) is 12. The van der Waals surface area contributed by atoms with Crippen molar-refractivity contribution in [2.24, 2.45) is 0 Å². The van der Waals surface area contributed by atoms with E-state index in [0.29, 0.717) is 0 Å². The Bertz CT molecular complexity index is 1460. The molecule has 2 aliphatic heterocycles. The van der Waals surface area contributed by atoms with Crippen LogP contribution in [0, 0.1) is 13.8 Å². The highest BCUT2D eigenvalue weighted by atomic mass is 31.2. The molecule has 16 nitrogen and oxygen atoms in total. The fourth-order valence-electron chi connectivity index (χ4n) is 4.37. The Labute approximate surface area is 220 Å². The highest BCUT2D eigenvalue weighted by molar-refractivity contribution is 7.48. The number of aromatic nitrogens is 4. The smallest absolute Gasteiger partial charge is 0.394 e. The number of aromatic amines is 2. The second kappa shape index (κ2) is 11.8. The molecule has 7 atom stereocenters. The number of phosphoric ester groups is 1. The highest BCUT2D eigenvalue weighted by Crippen LogP contribution is 2.53. The average Bonchev–Trinajstić information content (AvgIpc) is 3.45. The molecule has 2 aromatic rings. The first kappa shape index (κ1) is 29.3. The zero-order valence-electron chi connectivity index (χ0n) is 21.5. The van der Waals surface area contributed by atoms with Crippen molar-refractivity contribution in [2.45, 2.75) is 70.5 Å². The average molecular weight is 574 g/mol. The molecule has 0 aliphatic carbocycles. The van der Waals surface area contributed by atoms with Crippen LogP contribution in [0.1, 0.15) is 43.3 Å². The van der Waals surface area contributed by atoms with Gasteiger partial charge in [-0.1, -0.05) is 0 Å². The molecule has 1 unspecified atom stereocenters. The molecule has 216 valence electrons. The van der Waals surface area contributed by atoms with Crippen LogP contribution in [0.15, 0.2) is 31.6 Å². The largest absolute Gasteiger partial charge is 0.475 e. The van der Waals surface area contributed by atoms with Gasteiger partial charge < -0.3 is 19.7 Å². The van der Waals surface area contributed by atoms with Crippen LogP contribution >= 0.6 is 7.82 Å². The number of nitrogens with zero attached hydrogens (tertiary/aromatic N) is 2. The molecule has 2 aliphatic rings. The van der Waals surface area contributed by atoms with Crippen LogP contribution in [0.25, 0.3) is 0 Å². The molecule has 39 heavy (non-hydrogen) atoms. The summed E-state index contributed by atoms with van der Waals surface area (Å²) in [5.41, 5.74) is -1.99. The molecule has 2 saturated heterocycles. The second-order valence-electron chi connectivity index (χ2n) is 9.24. The molecule has 2 aromatic heterocycles. The fraction of sp³-hybridized carbons (Fsp3) is 0.636. The van der Waals surface area contributed by atoms with Crippen molar-refractivity contribution in [3.05, 3.63) is 65.2 Å². The van der Waals surface area contributed by atoms with Crippen LogP contribution in [0.2, 0.25) is 0 Å². The first-order valence-electron chi connectivity index (χ1n) is 12.3. The van der Waals surface area contributed by atoms with Crippen molar-refractivity contribution in [2.75, 3.05) is 19.8 Å². The molecule has 0 radical (unpaired) electrons. The van der Waals surface area contributed by atoms with E-state index in [2.05, 4.69) is 9.97 Å². The van der Waals surface area contributed by atoms with Gasteiger partial charge in [-0.3, -0.25) is 42.3 Å². The molecule has 2 fully saturated rings. The van der Waals surface area contributed by atoms with E-state index in [-0.39, 0.29) is 30.6 Å². The minimum Gasteiger partial charge on any atom is -0.394 e. The van der Waals surface area contributed by atoms with Gasteiger partial charge in [0.25, 0.3) is 11.1 Å². The third-order valence-corrected chi connectivity index (χ3v) is 7.99. The number of nitrogens with one attached hydrogen (secondary N) is 2. The highest BCUT2D eigenvalue weighted by Gasteiger charge is 2.44. The lowest BCUT2D eigenvalue weighted by Gasteiger charge is -2.24. The minimum absolute atomic E-state index is 0.00270. The molecule has 4 rings (SSSR count). The molecule has 4 N–H and O–H groups in total. The predicted octanol–water partition coefficient (Wildman–Crippen LogP) is -0.822. The Morgan fingerprint density at radius 1 is 0.949 bits per heavy atom. The summed E-state index contributed by atoms with van der Waals surface area (Å²) in [5.74, 6) is 0. The van der Waals surface area contributed by atoms with E-state index in [4.69, 9.17) is 23.0 Å². The molecular formula is C22H31N4O12P. The Balaban J connectivity index is 1.45. The van der Waals surface area contributed by atoms with Crippen LogP contribution in [0.5, 0.6) is 0 Å². The van der Waals surface area contributed by atoms with Gasteiger partial charge in [0.15, 0.2) is 0 Å². The van der Waals surface area contributed by atoms with Gasteiger partial charge in [-0.05, 0) is 20.8 Å². The van der Waals surface area contributed by atoms with Crippen LogP contribution in [0.4, 0.5) is 0 Å². The maximum atomic E-state index is 13.4. The third-order valence-electron chi connectivity index (χ3n) is 6.43. The summed E-state index contributed by atoms with van der Waals surface area (Å²) in [6, 6.07) is 0. The summed E-state index contributed by atoms with van der Waals surface area (Å²) in [4.78, 5) is 52.2. The summed E-state index contributed by atoms with van der Waals surface area (Å²) >= 11 is 0. The number of ether oxygens (including phenoxy) is 2.